The summed E-state index contributed by atoms with van der Waals surface area (Å²) in [6.07, 6.45) is 0. The normalized spacial score (nSPS) is 19.1. The van der Waals surface area contributed by atoms with Gasteiger partial charge in [-0.3, -0.25) is 24.1 Å². The highest BCUT2D eigenvalue weighted by Crippen LogP contribution is 2.31. The molecule has 1 atom stereocenters. The molecular formula is C22H30FN5O4. The van der Waals surface area contributed by atoms with Crippen molar-refractivity contribution in [1.82, 2.24) is 20.4 Å². The topological polar surface area (TPSA) is 125 Å². The maximum absolute atomic E-state index is 13.3. The molecule has 9 nitrogen and oxygen atoms in total. The third-order valence-corrected chi connectivity index (χ3v) is 6.12. The van der Waals surface area contributed by atoms with Gasteiger partial charge >= 0.3 is 0 Å². The molecule has 4 N–H and O–H groups in total. The average Bonchev–Trinajstić information content (AvgIpc) is 2.68. The van der Waals surface area contributed by atoms with Crippen molar-refractivity contribution < 1.29 is 23.6 Å². The molecule has 1 unspecified atom stereocenters. The van der Waals surface area contributed by atoms with Crippen LogP contribution in [0.1, 0.15) is 25.3 Å². The number of hydrogen-bond donors (Lipinski definition) is 3. The fourth-order valence-electron chi connectivity index (χ4n) is 4.21. The van der Waals surface area contributed by atoms with Crippen LogP contribution in [0.15, 0.2) is 24.3 Å². The minimum absolute atomic E-state index is 0.0154. The monoisotopic (exact) mass is 447 g/mol. The Morgan fingerprint density at radius 3 is 2.44 bits per heavy atom. The minimum atomic E-state index is -1.03. The number of nitrogens with zero attached hydrogens (tertiary/aromatic N) is 2. The SMILES string of the molecule is CC(C)C(C(=O)NCC1(C(N)=O)CN(C(=O)CN2CCNC(=O)C2)C1)c1ccc(F)cc1. The van der Waals surface area contributed by atoms with Crippen LogP contribution in [-0.2, 0) is 19.2 Å². The van der Waals surface area contributed by atoms with Crippen LogP contribution in [0.2, 0.25) is 0 Å². The molecule has 0 aliphatic carbocycles. The van der Waals surface area contributed by atoms with Gasteiger partial charge in [-0.05, 0) is 23.6 Å². The largest absolute Gasteiger partial charge is 0.369 e. The van der Waals surface area contributed by atoms with Gasteiger partial charge in [0.1, 0.15) is 11.2 Å². The van der Waals surface area contributed by atoms with Crippen LogP contribution in [0.3, 0.4) is 0 Å². The van der Waals surface area contributed by atoms with E-state index in [9.17, 15) is 23.6 Å². The Labute approximate surface area is 186 Å². The van der Waals surface area contributed by atoms with Crippen LogP contribution in [0.5, 0.6) is 0 Å². The van der Waals surface area contributed by atoms with Gasteiger partial charge in [0.25, 0.3) is 0 Å². The number of rotatable bonds is 8. The average molecular weight is 448 g/mol. The zero-order valence-electron chi connectivity index (χ0n) is 18.4. The first-order valence-corrected chi connectivity index (χ1v) is 10.7. The molecule has 0 saturated carbocycles. The van der Waals surface area contributed by atoms with Crippen molar-refractivity contribution in [1.29, 1.82) is 0 Å². The Morgan fingerprint density at radius 2 is 1.88 bits per heavy atom. The van der Waals surface area contributed by atoms with Gasteiger partial charge in [-0.1, -0.05) is 26.0 Å². The van der Waals surface area contributed by atoms with Gasteiger partial charge in [0.2, 0.25) is 23.6 Å². The molecule has 3 rings (SSSR count). The van der Waals surface area contributed by atoms with Crippen molar-refractivity contribution in [2.45, 2.75) is 19.8 Å². The number of piperazine rings is 1. The third kappa shape index (κ3) is 5.24. The lowest BCUT2D eigenvalue weighted by atomic mass is 9.78. The number of nitrogens with two attached hydrogens (primary N) is 1. The number of likely N-dealkylation sites (tertiary alicyclic amines) is 1. The van der Waals surface area contributed by atoms with Crippen molar-refractivity contribution in [2.24, 2.45) is 17.1 Å². The molecule has 10 heteroatoms. The van der Waals surface area contributed by atoms with Crippen LogP contribution in [-0.4, -0.2) is 79.2 Å². The molecule has 4 amide bonds. The second-order valence-corrected chi connectivity index (χ2v) is 8.95. The second-order valence-electron chi connectivity index (χ2n) is 8.95. The van der Waals surface area contributed by atoms with E-state index in [0.29, 0.717) is 18.7 Å². The molecule has 1 aromatic rings. The summed E-state index contributed by atoms with van der Waals surface area (Å²) in [4.78, 5) is 52.3. The van der Waals surface area contributed by atoms with Gasteiger partial charge in [-0.25, -0.2) is 4.39 Å². The van der Waals surface area contributed by atoms with E-state index < -0.39 is 17.2 Å². The van der Waals surface area contributed by atoms with Crippen molar-refractivity contribution in [2.75, 3.05) is 45.8 Å². The number of carbonyl (C=O) groups excluding carboxylic acids is 4. The summed E-state index contributed by atoms with van der Waals surface area (Å²) in [5.41, 5.74) is 5.26. The van der Waals surface area contributed by atoms with E-state index in [0.717, 1.165) is 0 Å². The quantitative estimate of drug-likeness (QED) is 0.492. The van der Waals surface area contributed by atoms with E-state index in [1.165, 1.54) is 17.0 Å². The predicted molar refractivity (Wildman–Crippen MR) is 115 cm³/mol. The lowest BCUT2D eigenvalue weighted by molar-refractivity contribution is -0.152. The highest BCUT2D eigenvalue weighted by Gasteiger charge is 2.50. The summed E-state index contributed by atoms with van der Waals surface area (Å²) in [6.45, 7) is 5.36. The number of primary amides is 1. The Bertz CT molecular complexity index is 883. The van der Waals surface area contributed by atoms with Crippen LogP contribution in [0, 0.1) is 17.2 Å². The summed E-state index contributed by atoms with van der Waals surface area (Å²) in [5.74, 6) is -2.11. The van der Waals surface area contributed by atoms with E-state index >= 15 is 0 Å². The van der Waals surface area contributed by atoms with E-state index in [1.807, 2.05) is 13.8 Å². The van der Waals surface area contributed by atoms with Crippen molar-refractivity contribution in [3.05, 3.63) is 35.6 Å². The summed E-state index contributed by atoms with van der Waals surface area (Å²) in [7, 11) is 0. The number of benzene rings is 1. The fourth-order valence-corrected chi connectivity index (χ4v) is 4.21. The molecule has 1 aromatic carbocycles. The molecule has 0 radical (unpaired) electrons. The summed E-state index contributed by atoms with van der Waals surface area (Å²) in [5, 5.41) is 5.52. The van der Waals surface area contributed by atoms with Crippen molar-refractivity contribution in [3.8, 4) is 0 Å². The summed E-state index contributed by atoms with van der Waals surface area (Å²) < 4.78 is 13.3. The van der Waals surface area contributed by atoms with Gasteiger partial charge in [-0.2, -0.15) is 0 Å². The van der Waals surface area contributed by atoms with Crippen LogP contribution < -0.4 is 16.4 Å². The molecule has 2 saturated heterocycles. The van der Waals surface area contributed by atoms with Crippen LogP contribution in [0.25, 0.3) is 0 Å². The highest BCUT2D eigenvalue weighted by atomic mass is 19.1. The molecular weight excluding hydrogens is 417 g/mol. The lowest BCUT2D eigenvalue weighted by Gasteiger charge is -2.48. The van der Waals surface area contributed by atoms with Crippen molar-refractivity contribution in [3.63, 3.8) is 0 Å². The number of amides is 4. The summed E-state index contributed by atoms with van der Waals surface area (Å²) >= 11 is 0. The molecule has 2 heterocycles. The molecule has 0 aromatic heterocycles. The Balaban J connectivity index is 1.58. The molecule has 2 aliphatic heterocycles. The lowest BCUT2D eigenvalue weighted by Crippen LogP contribution is -2.68. The molecule has 32 heavy (non-hydrogen) atoms. The van der Waals surface area contributed by atoms with Crippen molar-refractivity contribution >= 4 is 23.6 Å². The van der Waals surface area contributed by atoms with Gasteiger partial charge in [0.05, 0.1) is 19.0 Å². The van der Waals surface area contributed by atoms with Gasteiger partial charge in [0, 0.05) is 32.7 Å². The van der Waals surface area contributed by atoms with Gasteiger partial charge in [0.15, 0.2) is 0 Å². The number of carbonyl (C=O) groups is 4. The van der Waals surface area contributed by atoms with Gasteiger partial charge in [-0.15, -0.1) is 0 Å². The minimum Gasteiger partial charge on any atom is -0.369 e. The Kier molecular flexibility index (Phi) is 7.12. The molecule has 0 spiro atoms. The Morgan fingerprint density at radius 1 is 1.22 bits per heavy atom. The molecule has 0 bridgehead atoms. The zero-order chi connectivity index (χ0) is 23.5. The first-order valence-electron chi connectivity index (χ1n) is 10.7. The number of nitrogens with one attached hydrogen (secondary N) is 2. The molecule has 2 fully saturated rings. The number of hydrogen-bond acceptors (Lipinski definition) is 5. The molecule has 2 aliphatic rings. The van der Waals surface area contributed by atoms with E-state index in [2.05, 4.69) is 10.6 Å². The maximum atomic E-state index is 13.3. The smallest absolute Gasteiger partial charge is 0.236 e. The number of halogens is 1. The zero-order valence-corrected chi connectivity index (χ0v) is 18.4. The van der Waals surface area contributed by atoms with Crippen LogP contribution in [0.4, 0.5) is 4.39 Å². The highest BCUT2D eigenvalue weighted by molar-refractivity contribution is 5.89. The Hall–Kier alpha value is -3.01. The predicted octanol–water partition coefficient (Wildman–Crippen LogP) is -0.573. The van der Waals surface area contributed by atoms with Gasteiger partial charge < -0.3 is 21.3 Å². The second kappa shape index (κ2) is 9.64. The summed E-state index contributed by atoms with van der Waals surface area (Å²) in [6, 6.07) is 5.77. The molecule has 174 valence electrons. The van der Waals surface area contributed by atoms with E-state index in [1.54, 1.807) is 17.0 Å². The third-order valence-electron chi connectivity index (χ3n) is 6.12. The first-order chi connectivity index (χ1) is 15.1. The van der Waals surface area contributed by atoms with E-state index in [4.69, 9.17) is 5.73 Å². The maximum Gasteiger partial charge on any atom is 0.236 e. The van der Waals surface area contributed by atoms with E-state index in [-0.39, 0.29) is 62.2 Å². The standard InChI is InChI=1S/C22H30FN5O4/c1-14(2)19(15-3-5-16(23)6-4-15)20(31)26-11-22(21(24)32)12-28(13-22)18(30)10-27-8-7-25-17(29)9-27/h3-6,14,19H,7-13H2,1-2H3,(H2,24,32)(H,25,29)(H,26,31). The van der Waals surface area contributed by atoms with Crippen LogP contribution >= 0.6 is 0 Å². The fraction of sp³-hybridized carbons (Fsp3) is 0.545. The first kappa shape index (κ1) is 23.6.